The normalized spacial score (nSPS) is 16.5. The summed E-state index contributed by atoms with van der Waals surface area (Å²) in [4.78, 5) is 42.6. The van der Waals surface area contributed by atoms with Gasteiger partial charge in [0.05, 0.1) is 12.3 Å². The van der Waals surface area contributed by atoms with E-state index in [1.54, 1.807) is 40.9 Å². The van der Waals surface area contributed by atoms with Crippen molar-refractivity contribution in [3.8, 4) is 5.69 Å². The molecule has 0 atom stereocenters. The molecule has 3 heterocycles. The summed E-state index contributed by atoms with van der Waals surface area (Å²) in [5, 5.41) is 7.14. The molecule has 2 saturated heterocycles. The van der Waals surface area contributed by atoms with Gasteiger partial charge in [0.15, 0.2) is 5.69 Å². The molecule has 10 heteroatoms. The molecule has 0 unspecified atom stereocenters. The average molecular weight is 455 g/mol. The van der Waals surface area contributed by atoms with Gasteiger partial charge < -0.3 is 24.8 Å². The smallest absolute Gasteiger partial charge is 0.358 e. The van der Waals surface area contributed by atoms with Crippen LogP contribution in [0.25, 0.3) is 5.69 Å². The van der Waals surface area contributed by atoms with Crippen molar-refractivity contribution in [1.29, 1.82) is 0 Å². The van der Waals surface area contributed by atoms with Gasteiger partial charge in [-0.1, -0.05) is 0 Å². The highest BCUT2D eigenvalue weighted by Gasteiger charge is 2.27. The summed E-state index contributed by atoms with van der Waals surface area (Å²) >= 11 is 0. The Morgan fingerprint density at radius 1 is 0.879 bits per heavy atom. The van der Waals surface area contributed by atoms with E-state index >= 15 is 0 Å². The minimum absolute atomic E-state index is 0.0927. The van der Waals surface area contributed by atoms with Crippen LogP contribution in [-0.4, -0.2) is 88.4 Å². The molecular formula is C23H30N6O4. The zero-order chi connectivity index (χ0) is 23.2. The fraction of sp³-hybridized carbons (Fsp3) is 0.478. The van der Waals surface area contributed by atoms with Crippen molar-refractivity contribution in [3.05, 3.63) is 42.2 Å². The maximum atomic E-state index is 12.7. The number of hydrogen-bond donors (Lipinski definition) is 1. The van der Waals surface area contributed by atoms with Crippen molar-refractivity contribution in [2.24, 2.45) is 0 Å². The molecule has 33 heavy (non-hydrogen) atoms. The zero-order valence-electron chi connectivity index (χ0n) is 18.9. The standard InChI is InChI=1S/C23H30N6O4/c1-2-33-21(30)20-10-13-29(25-20)19-8-6-18(7-9-19)24-22(31)26-14-16-28(17-15-26)23(32)27-11-4-3-5-12-27/h6-10,13H,2-5,11-12,14-17H2,1H3,(H,24,31). The number of likely N-dealkylation sites (tertiary alicyclic amines) is 1. The second-order valence-electron chi connectivity index (χ2n) is 8.15. The summed E-state index contributed by atoms with van der Waals surface area (Å²) < 4.78 is 6.54. The number of nitrogens with one attached hydrogen (secondary N) is 1. The number of rotatable bonds is 4. The number of nitrogens with zero attached hydrogens (tertiary/aromatic N) is 5. The Kier molecular flexibility index (Phi) is 7.11. The SMILES string of the molecule is CCOC(=O)c1ccn(-c2ccc(NC(=O)N3CCN(C(=O)N4CCCCC4)CC3)cc2)n1. The molecule has 1 N–H and O–H groups in total. The van der Waals surface area contributed by atoms with Crippen LogP contribution in [-0.2, 0) is 4.74 Å². The van der Waals surface area contributed by atoms with Crippen molar-refractivity contribution in [2.75, 3.05) is 51.2 Å². The summed E-state index contributed by atoms with van der Waals surface area (Å²) in [6.45, 7) is 5.81. The quantitative estimate of drug-likeness (QED) is 0.716. The molecule has 2 aliphatic heterocycles. The lowest BCUT2D eigenvalue weighted by Crippen LogP contribution is -2.55. The van der Waals surface area contributed by atoms with Gasteiger partial charge in [0.25, 0.3) is 0 Å². The Morgan fingerprint density at radius 2 is 1.52 bits per heavy atom. The largest absolute Gasteiger partial charge is 0.461 e. The lowest BCUT2D eigenvalue weighted by Gasteiger charge is -2.38. The number of carbonyl (C=O) groups excluding carboxylic acids is 3. The molecule has 0 aliphatic carbocycles. The fourth-order valence-electron chi connectivity index (χ4n) is 4.07. The van der Waals surface area contributed by atoms with Crippen LogP contribution in [0, 0.1) is 0 Å². The van der Waals surface area contributed by atoms with Crippen LogP contribution >= 0.6 is 0 Å². The molecule has 1 aromatic carbocycles. The number of piperidine rings is 1. The highest BCUT2D eigenvalue weighted by Crippen LogP contribution is 2.16. The lowest BCUT2D eigenvalue weighted by molar-refractivity contribution is 0.0519. The monoisotopic (exact) mass is 454 g/mol. The molecule has 0 spiro atoms. The predicted molar refractivity (Wildman–Crippen MR) is 123 cm³/mol. The van der Waals surface area contributed by atoms with E-state index in [1.807, 2.05) is 21.9 Å². The number of piperazine rings is 1. The molecule has 1 aromatic heterocycles. The topological polar surface area (TPSA) is 100 Å². The second-order valence-corrected chi connectivity index (χ2v) is 8.15. The Bertz CT molecular complexity index is 975. The number of hydrogen-bond acceptors (Lipinski definition) is 5. The van der Waals surface area contributed by atoms with Gasteiger partial charge >= 0.3 is 18.0 Å². The predicted octanol–water partition coefficient (Wildman–Crippen LogP) is 2.80. The molecule has 4 rings (SSSR count). The third-order valence-corrected chi connectivity index (χ3v) is 5.92. The summed E-state index contributed by atoms with van der Waals surface area (Å²) in [7, 11) is 0. The van der Waals surface area contributed by atoms with E-state index in [4.69, 9.17) is 4.74 Å². The van der Waals surface area contributed by atoms with Crippen molar-refractivity contribution >= 4 is 23.7 Å². The summed E-state index contributed by atoms with van der Waals surface area (Å²) in [5.41, 5.74) is 1.66. The van der Waals surface area contributed by atoms with E-state index in [-0.39, 0.29) is 17.8 Å². The number of esters is 1. The van der Waals surface area contributed by atoms with Crippen LogP contribution in [0.1, 0.15) is 36.7 Å². The third-order valence-electron chi connectivity index (χ3n) is 5.92. The van der Waals surface area contributed by atoms with Gasteiger partial charge in [0.1, 0.15) is 0 Å². The Morgan fingerprint density at radius 3 is 2.18 bits per heavy atom. The van der Waals surface area contributed by atoms with Crippen LogP contribution in [0.2, 0.25) is 0 Å². The first-order chi connectivity index (χ1) is 16.0. The first kappa shape index (κ1) is 22.6. The summed E-state index contributed by atoms with van der Waals surface area (Å²) in [6.07, 6.45) is 5.01. The number of aromatic nitrogens is 2. The van der Waals surface area contributed by atoms with Gasteiger partial charge in [0, 0.05) is 51.2 Å². The number of amides is 4. The van der Waals surface area contributed by atoms with Crippen LogP contribution in [0.4, 0.5) is 15.3 Å². The van der Waals surface area contributed by atoms with Crippen LogP contribution in [0.15, 0.2) is 36.5 Å². The van der Waals surface area contributed by atoms with Gasteiger partial charge in [-0.15, -0.1) is 0 Å². The zero-order valence-corrected chi connectivity index (χ0v) is 18.9. The summed E-state index contributed by atoms with van der Waals surface area (Å²) in [5.74, 6) is -0.460. The molecule has 2 aromatic rings. The van der Waals surface area contributed by atoms with Gasteiger partial charge in [-0.25, -0.2) is 19.1 Å². The molecule has 4 amide bonds. The van der Waals surface area contributed by atoms with Crippen LogP contribution < -0.4 is 5.32 Å². The van der Waals surface area contributed by atoms with Gasteiger partial charge in [-0.3, -0.25) is 0 Å². The molecule has 2 aliphatic rings. The van der Waals surface area contributed by atoms with Gasteiger partial charge in [0.2, 0.25) is 0 Å². The second kappa shape index (κ2) is 10.4. The van der Waals surface area contributed by atoms with Crippen LogP contribution in [0.5, 0.6) is 0 Å². The molecule has 10 nitrogen and oxygen atoms in total. The van der Waals surface area contributed by atoms with Gasteiger partial charge in [-0.05, 0) is 56.5 Å². The average Bonchev–Trinajstić information content (AvgIpc) is 3.35. The number of benzene rings is 1. The van der Waals surface area contributed by atoms with E-state index in [2.05, 4.69) is 10.4 Å². The molecule has 0 bridgehead atoms. The van der Waals surface area contributed by atoms with Crippen molar-refractivity contribution in [3.63, 3.8) is 0 Å². The highest BCUT2D eigenvalue weighted by atomic mass is 16.5. The number of urea groups is 2. The molecular weight excluding hydrogens is 424 g/mol. The van der Waals surface area contributed by atoms with Crippen molar-refractivity contribution in [2.45, 2.75) is 26.2 Å². The van der Waals surface area contributed by atoms with E-state index in [0.717, 1.165) is 31.6 Å². The summed E-state index contributed by atoms with van der Waals surface area (Å²) in [6, 6.07) is 8.71. The van der Waals surface area contributed by atoms with E-state index in [0.29, 0.717) is 38.5 Å². The molecule has 0 saturated carbocycles. The lowest BCUT2D eigenvalue weighted by atomic mass is 10.1. The first-order valence-corrected chi connectivity index (χ1v) is 11.5. The fourth-order valence-corrected chi connectivity index (χ4v) is 4.07. The third kappa shape index (κ3) is 5.44. The van der Waals surface area contributed by atoms with E-state index in [1.165, 1.54) is 6.42 Å². The first-order valence-electron chi connectivity index (χ1n) is 11.5. The number of ether oxygens (including phenoxy) is 1. The maximum absolute atomic E-state index is 12.7. The minimum atomic E-state index is -0.460. The number of anilines is 1. The highest BCUT2D eigenvalue weighted by molar-refractivity contribution is 5.89. The number of carbonyl (C=O) groups is 3. The Labute approximate surface area is 193 Å². The Balaban J connectivity index is 1.28. The molecule has 0 radical (unpaired) electrons. The van der Waals surface area contributed by atoms with E-state index < -0.39 is 5.97 Å². The van der Waals surface area contributed by atoms with E-state index in [9.17, 15) is 14.4 Å². The van der Waals surface area contributed by atoms with Crippen molar-refractivity contribution in [1.82, 2.24) is 24.5 Å². The van der Waals surface area contributed by atoms with Gasteiger partial charge in [-0.2, -0.15) is 5.10 Å². The molecule has 176 valence electrons. The maximum Gasteiger partial charge on any atom is 0.358 e. The minimum Gasteiger partial charge on any atom is -0.461 e. The van der Waals surface area contributed by atoms with Crippen LogP contribution in [0.3, 0.4) is 0 Å². The molecule has 2 fully saturated rings. The van der Waals surface area contributed by atoms with Crippen molar-refractivity contribution < 1.29 is 19.1 Å². The Hall–Kier alpha value is -3.56.